The molecule has 0 aromatic heterocycles. The number of rotatable bonds is 16. The van der Waals surface area contributed by atoms with Crippen LogP contribution in [0.1, 0.15) is 42.4 Å². The fourth-order valence-corrected chi connectivity index (χ4v) is 5.91. The molecule has 1 unspecified atom stereocenters. The molecule has 0 aliphatic heterocycles. The third kappa shape index (κ3) is 9.14. The number of hydrogen-bond acceptors (Lipinski definition) is 6. The summed E-state index contributed by atoms with van der Waals surface area (Å²) in [6, 6.07) is 22.8. The first-order chi connectivity index (χ1) is 20.3. The smallest absolute Gasteiger partial charge is 0.243 e. The van der Waals surface area contributed by atoms with Crippen LogP contribution in [0.4, 0.5) is 0 Å². The number of hydrogen-bond donors (Lipinski definition) is 3. The van der Waals surface area contributed by atoms with Crippen LogP contribution in [0.25, 0.3) is 0 Å². The quantitative estimate of drug-likeness (QED) is 0.219. The van der Waals surface area contributed by atoms with E-state index in [1.54, 1.807) is 36.3 Å². The normalized spacial score (nSPS) is 13.8. The largest absolute Gasteiger partial charge is 0.497 e. The van der Waals surface area contributed by atoms with E-state index in [0.29, 0.717) is 31.6 Å². The van der Waals surface area contributed by atoms with Crippen LogP contribution in [0.3, 0.4) is 0 Å². The molecule has 1 saturated carbocycles. The van der Waals surface area contributed by atoms with Gasteiger partial charge in [-0.15, -0.1) is 0 Å². The van der Waals surface area contributed by atoms with Crippen molar-refractivity contribution in [1.29, 1.82) is 0 Å². The maximum absolute atomic E-state index is 13.8. The van der Waals surface area contributed by atoms with Crippen LogP contribution in [0.2, 0.25) is 0 Å². The van der Waals surface area contributed by atoms with E-state index < -0.39 is 16.1 Å². The highest BCUT2D eigenvalue weighted by molar-refractivity contribution is 7.89. The van der Waals surface area contributed by atoms with E-state index >= 15 is 0 Å². The molecule has 0 radical (unpaired) electrons. The fourth-order valence-electron chi connectivity index (χ4n) is 4.61. The van der Waals surface area contributed by atoms with Crippen LogP contribution >= 0.6 is 0 Å². The first kappa shape index (κ1) is 31.2. The van der Waals surface area contributed by atoms with Crippen molar-refractivity contribution in [3.63, 3.8) is 0 Å². The molecule has 1 aliphatic rings. The summed E-state index contributed by atoms with van der Waals surface area (Å²) in [7, 11) is -1.97. The second-order valence-corrected chi connectivity index (χ2v) is 12.2. The summed E-state index contributed by atoms with van der Waals surface area (Å²) in [4.78, 5) is 29.1. The summed E-state index contributed by atoms with van der Waals surface area (Å²) in [6.45, 7) is 0.475. The van der Waals surface area contributed by atoms with E-state index in [0.717, 1.165) is 29.5 Å². The Hall–Kier alpha value is -3.73. The topological polar surface area (TPSA) is 125 Å². The van der Waals surface area contributed by atoms with Crippen molar-refractivity contribution >= 4 is 21.8 Å². The molecule has 0 spiro atoms. The summed E-state index contributed by atoms with van der Waals surface area (Å²) in [5, 5.41) is 12.1. The van der Waals surface area contributed by atoms with Crippen LogP contribution in [0.5, 0.6) is 5.75 Å². The van der Waals surface area contributed by atoms with Crippen LogP contribution in [-0.4, -0.2) is 62.6 Å². The maximum Gasteiger partial charge on any atom is 0.243 e. The van der Waals surface area contributed by atoms with Gasteiger partial charge in [0.25, 0.3) is 0 Å². The van der Waals surface area contributed by atoms with Gasteiger partial charge in [-0.3, -0.25) is 9.59 Å². The first-order valence-electron chi connectivity index (χ1n) is 14.2. The van der Waals surface area contributed by atoms with Crippen LogP contribution < -0.4 is 14.8 Å². The Bertz CT molecular complexity index is 1410. The summed E-state index contributed by atoms with van der Waals surface area (Å²) in [5.74, 6) is 0.208. The van der Waals surface area contributed by atoms with Crippen molar-refractivity contribution in [2.24, 2.45) is 0 Å². The number of methoxy groups -OCH3 is 1. The molecule has 224 valence electrons. The molecule has 3 aromatic rings. The number of amides is 2. The number of carbonyl (C=O) groups is 2. The first-order valence-corrected chi connectivity index (χ1v) is 15.7. The van der Waals surface area contributed by atoms with Gasteiger partial charge in [-0.25, -0.2) is 13.1 Å². The van der Waals surface area contributed by atoms with Gasteiger partial charge in [0.15, 0.2) is 0 Å². The molecule has 0 saturated heterocycles. The zero-order chi connectivity index (χ0) is 30.0. The van der Waals surface area contributed by atoms with Gasteiger partial charge >= 0.3 is 0 Å². The second kappa shape index (κ2) is 14.9. The molecule has 0 bridgehead atoms. The van der Waals surface area contributed by atoms with Crippen LogP contribution in [-0.2, 0) is 39.0 Å². The van der Waals surface area contributed by atoms with Crippen LogP contribution in [0, 0.1) is 0 Å². The molecule has 10 heteroatoms. The second-order valence-electron chi connectivity index (χ2n) is 10.5. The highest BCUT2D eigenvalue weighted by Crippen LogP contribution is 2.23. The van der Waals surface area contributed by atoms with Gasteiger partial charge in [-0.05, 0) is 66.6 Å². The van der Waals surface area contributed by atoms with E-state index in [1.807, 2.05) is 54.6 Å². The lowest BCUT2D eigenvalue weighted by atomic mass is 10.0. The summed E-state index contributed by atoms with van der Waals surface area (Å²) in [5.41, 5.74) is 2.59. The fraction of sp³-hybridized carbons (Fsp3) is 0.375. The zero-order valence-corrected chi connectivity index (χ0v) is 24.7. The van der Waals surface area contributed by atoms with Gasteiger partial charge in [0.2, 0.25) is 21.8 Å². The van der Waals surface area contributed by atoms with Crippen molar-refractivity contribution in [1.82, 2.24) is 14.9 Å². The van der Waals surface area contributed by atoms with Crippen molar-refractivity contribution < 1.29 is 27.9 Å². The Balaban J connectivity index is 1.54. The third-order valence-corrected chi connectivity index (χ3v) is 8.71. The number of ether oxygens (including phenoxy) is 1. The van der Waals surface area contributed by atoms with Crippen molar-refractivity contribution in [3.8, 4) is 5.75 Å². The van der Waals surface area contributed by atoms with Gasteiger partial charge in [0, 0.05) is 38.6 Å². The minimum atomic E-state index is -3.55. The molecule has 9 nitrogen and oxygen atoms in total. The van der Waals surface area contributed by atoms with Crippen LogP contribution in [0.15, 0.2) is 83.8 Å². The molecule has 4 rings (SSSR count). The average molecular weight is 594 g/mol. The summed E-state index contributed by atoms with van der Waals surface area (Å²) >= 11 is 0. The standard InChI is InChI=1S/C32H39N3O6S/c1-41-28-15-8-26(9-16-28)23-35(30(32(38)33-20-5-21-36)22-25-6-3-2-4-7-25)31(37)19-12-24-10-17-29(18-11-24)42(39,40)34-27-13-14-27/h2-4,6-11,15-18,27,30,34,36H,5,12-14,19-23H2,1H3,(H,33,38). The maximum atomic E-state index is 13.8. The predicted octanol–water partition coefficient (Wildman–Crippen LogP) is 3.21. The van der Waals surface area contributed by atoms with Crippen molar-refractivity contribution in [3.05, 3.63) is 95.6 Å². The zero-order valence-electron chi connectivity index (χ0n) is 23.9. The molecule has 0 heterocycles. The van der Waals surface area contributed by atoms with E-state index in [4.69, 9.17) is 4.74 Å². The number of nitrogens with zero attached hydrogens (tertiary/aromatic N) is 1. The van der Waals surface area contributed by atoms with Gasteiger partial charge in [0.1, 0.15) is 11.8 Å². The molecule has 3 aromatic carbocycles. The molecular formula is C32H39N3O6S. The Morgan fingerprint density at radius 1 is 0.952 bits per heavy atom. The lowest BCUT2D eigenvalue weighted by Crippen LogP contribution is -2.50. The third-order valence-electron chi connectivity index (χ3n) is 7.18. The van der Waals surface area contributed by atoms with E-state index in [2.05, 4.69) is 10.0 Å². The van der Waals surface area contributed by atoms with Gasteiger partial charge < -0.3 is 20.1 Å². The SMILES string of the molecule is COc1ccc(CN(C(=O)CCc2ccc(S(=O)(=O)NC3CC3)cc2)C(Cc2ccccc2)C(=O)NCCCO)cc1. The monoisotopic (exact) mass is 593 g/mol. The molecule has 1 fully saturated rings. The minimum Gasteiger partial charge on any atom is -0.497 e. The molecule has 1 atom stereocenters. The number of benzene rings is 3. The highest BCUT2D eigenvalue weighted by Gasteiger charge is 2.30. The van der Waals surface area contributed by atoms with E-state index in [9.17, 15) is 23.1 Å². The lowest BCUT2D eigenvalue weighted by Gasteiger charge is -2.31. The number of nitrogens with one attached hydrogen (secondary N) is 2. The van der Waals surface area contributed by atoms with Gasteiger partial charge in [-0.1, -0.05) is 54.6 Å². The minimum absolute atomic E-state index is 0.0219. The van der Waals surface area contributed by atoms with Crippen molar-refractivity contribution in [2.75, 3.05) is 20.3 Å². The number of sulfonamides is 1. The Labute approximate surface area is 248 Å². The average Bonchev–Trinajstić information content (AvgIpc) is 3.82. The predicted molar refractivity (Wildman–Crippen MR) is 160 cm³/mol. The number of aliphatic hydroxyl groups is 1. The van der Waals surface area contributed by atoms with Crippen molar-refractivity contribution in [2.45, 2.75) is 62.0 Å². The molecule has 42 heavy (non-hydrogen) atoms. The van der Waals surface area contributed by atoms with Gasteiger partial charge in [-0.2, -0.15) is 0 Å². The summed E-state index contributed by atoms with van der Waals surface area (Å²) in [6.07, 6.45) is 2.98. The molecule has 1 aliphatic carbocycles. The Morgan fingerprint density at radius 3 is 2.24 bits per heavy atom. The molecule has 2 amide bonds. The Morgan fingerprint density at radius 2 is 1.62 bits per heavy atom. The van der Waals surface area contributed by atoms with E-state index in [1.165, 1.54) is 0 Å². The van der Waals surface area contributed by atoms with E-state index in [-0.39, 0.29) is 42.3 Å². The molecular weight excluding hydrogens is 554 g/mol. The Kier molecular flexibility index (Phi) is 11.1. The molecule has 3 N–H and O–H groups in total. The number of aryl methyl sites for hydroxylation is 1. The summed E-state index contributed by atoms with van der Waals surface area (Å²) < 4.78 is 33.0. The highest BCUT2D eigenvalue weighted by atomic mass is 32.2. The van der Waals surface area contributed by atoms with Gasteiger partial charge in [0.05, 0.1) is 12.0 Å². The number of aliphatic hydroxyl groups excluding tert-OH is 1. The number of carbonyl (C=O) groups excluding carboxylic acids is 2. The lowest BCUT2D eigenvalue weighted by molar-refractivity contribution is -0.141.